The standard InChI is InChI=1S/C13H24N2O2/c1-3-12-11-14(7-8-15(12)5-1)6-4-13-16-9-2-10-17-13/h12-13H,1-11H2. The van der Waals surface area contributed by atoms with Gasteiger partial charge in [0.1, 0.15) is 0 Å². The monoisotopic (exact) mass is 240 g/mol. The van der Waals surface area contributed by atoms with Crippen molar-refractivity contribution in [3.63, 3.8) is 0 Å². The van der Waals surface area contributed by atoms with E-state index in [0.717, 1.165) is 38.6 Å². The van der Waals surface area contributed by atoms with Crippen molar-refractivity contribution in [3.05, 3.63) is 0 Å². The molecular formula is C13H24N2O2. The van der Waals surface area contributed by atoms with Crippen molar-refractivity contribution in [1.82, 2.24) is 9.80 Å². The normalized spacial score (nSPS) is 32.8. The maximum atomic E-state index is 5.60. The molecule has 3 fully saturated rings. The third-order valence-electron chi connectivity index (χ3n) is 4.25. The molecule has 3 aliphatic heterocycles. The largest absolute Gasteiger partial charge is 0.353 e. The molecule has 0 bridgehead atoms. The number of fused-ring (bicyclic) bond motifs is 1. The fourth-order valence-electron chi connectivity index (χ4n) is 3.25. The van der Waals surface area contributed by atoms with Crippen LogP contribution < -0.4 is 0 Å². The summed E-state index contributed by atoms with van der Waals surface area (Å²) < 4.78 is 11.2. The number of nitrogens with zero attached hydrogens (tertiary/aromatic N) is 2. The highest BCUT2D eigenvalue weighted by molar-refractivity contribution is 4.86. The quantitative estimate of drug-likeness (QED) is 0.732. The van der Waals surface area contributed by atoms with E-state index >= 15 is 0 Å². The number of rotatable bonds is 3. The van der Waals surface area contributed by atoms with Gasteiger partial charge in [0.05, 0.1) is 13.2 Å². The van der Waals surface area contributed by atoms with Gasteiger partial charge in [0.15, 0.2) is 6.29 Å². The Hall–Kier alpha value is -0.160. The zero-order chi connectivity index (χ0) is 11.5. The summed E-state index contributed by atoms with van der Waals surface area (Å²) in [5.74, 6) is 0. The Morgan fingerprint density at radius 1 is 1.00 bits per heavy atom. The van der Waals surface area contributed by atoms with E-state index in [4.69, 9.17) is 9.47 Å². The van der Waals surface area contributed by atoms with Gasteiger partial charge in [-0.05, 0) is 25.8 Å². The molecule has 0 aromatic rings. The number of hydrogen-bond donors (Lipinski definition) is 0. The van der Waals surface area contributed by atoms with Crippen LogP contribution in [0.4, 0.5) is 0 Å². The SMILES string of the molecule is C1COC(CCN2CCN3CCCC3C2)OC1. The lowest BCUT2D eigenvalue weighted by Gasteiger charge is -2.38. The molecule has 0 saturated carbocycles. The third kappa shape index (κ3) is 2.99. The number of ether oxygens (including phenoxy) is 2. The maximum absolute atomic E-state index is 5.60. The van der Waals surface area contributed by atoms with Gasteiger partial charge in [-0.2, -0.15) is 0 Å². The lowest BCUT2D eigenvalue weighted by molar-refractivity contribution is -0.183. The minimum atomic E-state index is 0.0605. The van der Waals surface area contributed by atoms with Gasteiger partial charge >= 0.3 is 0 Å². The van der Waals surface area contributed by atoms with Crippen molar-refractivity contribution in [2.24, 2.45) is 0 Å². The molecule has 0 amide bonds. The molecule has 4 heteroatoms. The van der Waals surface area contributed by atoms with E-state index in [2.05, 4.69) is 9.80 Å². The highest BCUT2D eigenvalue weighted by Gasteiger charge is 2.30. The minimum absolute atomic E-state index is 0.0605. The van der Waals surface area contributed by atoms with Crippen molar-refractivity contribution in [2.75, 3.05) is 45.9 Å². The molecule has 3 rings (SSSR count). The van der Waals surface area contributed by atoms with Crippen LogP contribution in [0.3, 0.4) is 0 Å². The summed E-state index contributed by atoms with van der Waals surface area (Å²) in [5.41, 5.74) is 0. The van der Waals surface area contributed by atoms with Crippen molar-refractivity contribution < 1.29 is 9.47 Å². The fourth-order valence-corrected chi connectivity index (χ4v) is 3.25. The molecule has 1 unspecified atom stereocenters. The lowest BCUT2D eigenvalue weighted by Crippen LogP contribution is -2.50. The first kappa shape index (κ1) is 11.9. The van der Waals surface area contributed by atoms with Gasteiger partial charge in [0.2, 0.25) is 0 Å². The predicted molar refractivity (Wildman–Crippen MR) is 66.0 cm³/mol. The molecule has 0 aromatic heterocycles. The average Bonchev–Trinajstić information content (AvgIpc) is 2.85. The smallest absolute Gasteiger partial charge is 0.158 e. The minimum Gasteiger partial charge on any atom is -0.353 e. The van der Waals surface area contributed by atoms with Gasteiger partial charge in [-0.25, -0.2) is 0 Å². The molecule has 3 saturated heterocycles. The Bertz CT molecular complexity index is 244. The number of piperazine rings is 1. The van der Waals surface area contributed by atoms with Crippen LogP contribution in [0.1, 0.15) is 25.7 Å². The molecule has 0 aromatic carbocycles. The summed E-state index contributed by atoms with van der Waals surface area (Å²) in [7, 11) is 0. The second-order valence-electron chi connectivity index (χ2n) is 5.45. The van der Waals surface area contributed by atoms with Gasteiger partial charge in [-0.3, -0.25) is 4.90 Å². The van der Waals surface area contributed by atoms with Crippen molar-refractivity contribution in [2.45, 2.75) is 38.0 Å². The van der Waals surface area contributed by atoms with Crippen LogP contribution in [0.5, 0.6) is 0 Å². The summed E-state index contributed by atoms with van der Waals surface area (Å²) >= 11 is 0. The van der Waals surface area contributed by atoms with Crippen molar-refractivity contribution >= 4 is 0 Å². The Morgan fingerprint density at radius 3 is 2.76 bits per heavy atom. The average molecular weight is 240 g/mol. The van der Waals surface area contributed by atoms with Gasteiger partial charge in [-0.15, -0.1) is 0 Å². The van der Waals surface area contributed by atoms with Crippen LogP contribution in [0.2, 0.25) is 0 Å². The van der Waals surface area contributed by atoms with E-state index in [1.807, 2.05) is 0 Å². The first-order valence-electron chi connectivity index (χ1n) is 7.11. The maximum Gasteiger partial charge on any atom is 0.158 e. The van der Waals surface area contributed by atoms with Crippen LogP contribution in [0.25, 0.3) is 0 Å². The molecule has 1 atom stereocenters. The Labute approximate surface area is 104 Å². The summed E-state index contributed by atoms with van der Waals surface area (Å²) in [4.78, 5) is 5.25. The van der Waals surface area contributed by atoms with Gasteiger partial charge in [0, 0.05) is 38.6 Å². The Balaban J connectivity index is 1.40. The van der Waals surface area contributed by atoms with E-state index < -0.39 is 0 Å². The molecule has 0 aliphatic carbocycles. The molecule has 17 heavy (non-hydrogen) atoms. The van der Waals surface area contributed by atoms with E-state index in [1.165, 1.54) is 39.0 Å². The van der Waals surface area contributed by atoms with Crippen molar-refractivity contribution in [1.29, 1.82) is 0 Å². The molecule has 0 N–H and O–H groups in total. The van der Waals surface area contributed by atoms with Crippen molar-refractivity contribution in [3.8, 4) is 0 Å². The predicted octanol–water partition coefficient (Wildman–Crippen LogP) is 0.920. The molecular weight excluding hydrogens is 216 g/mol. The first-order chi connectivity index (χ1) is 8.42. The molecule has 4 nitrogen and oxygen atoms in total. The molecule has 3 aliphatic rings. The van der Waals surface area contributed by atoms with Crippen LogP contribution in [-0.2, 0) is 9.47 Å². The highest BCUT2D eigenvalue weighted by Crippen LogP contribution is 2.21. The molecule has 0 radical (unpaired) electrons. The summed E-state index contributed by atoms with van der Waals surface area (Å²) in [5, 5.41) is 0. The number of hydrogen-bond acceptors (Lipinski definition) is 4. The molecule has 0 spiro atoms. The zero-order valence-electron chi connectivity index (χ0n) is 10.6. The van der Waals surface area contributed by atoms with Gasteiger partial charge in [0.25, 0.3) is 0 Å². The summed E-state index contributed by atoms with van der Waals surface area (Å²) in [6.07, 6.45) is 4.94. The summed E-state index contributed by atoms with van der Waals surface area (Å²) in [6, 6.07) is 0.831. The van der Waals surface area contributed by atoms with Crippen LogP contribution in [0, 0.1) is 0 Å². The molecule has 3 heterocycles. The fraction of sp³-hybridized carbons (Fsp3) is 1.00. The molecule has 98 valence electrons. The van der Waals surface area contributed by atoms with Crippen LogP contribution in [0.15, 0.2) is 0 Å². The third-order valence-corrected chi connectivity index (χ3v) is 4.25. The summed E-state index contributed by atoms with van der Waals surface area (Å²) in [6.45, 7) is 7.96. The van der Waals surface area contributed by atoms with E-state index in [1.54, 1.807) is 0 Å². The highest BCUT2D eigenvalue weighted by atomic mass is 16.7. The second-order valence-corrected chi connectivity index (χ2v) is 5.45. The Kier molecular flexibility index (Phi) is 3.96. The van der Waals surface area contributed by atoms with Gasteiger partial charge in [-0.1, -0.05) is 0 Å². The van der Waals surface area contributed by atoms with E-state index in [-0.39, 0.29) is 6.29 Å². The van der Waals surface area contributed by atoms with Gasteiger partial charge < -0.3 is 14.4 Å². The zero-order valence-corrected chi connectivity index (χ0v) is 10.6. The van der Waals surface area contributed by atoms with E-state index in [9.17, 15) is 0 Å². The topological polar surface area (TPSA) is 24.9 Å². The van der Waals surface area contributed by atoms with Crippen LogP contribution >= 0.6 is 0 Å². The second kappa shape index (κ2) is 5.65. The van der Waals surface area contributed by atoms with E-state index in [0.29, 0.717) is 0 Å². The van der Waals surface area contributed by atoms with Crippen LogP contribution in [-0.4, -0.2) is 68.1 Å². The Morgan fingerprint density at radius 2 is 1.88 bits per heavy atom. The first-order valence-corrected chi connectivity index (χ1v) is 7.11. The lowest BCUT2D eigenvalue weighted by atomic mass is 10.1.